The Morgan fingerprint density at radius 2 is 1.57 bits per heavy atom. The Morgan fingerprint density at radius 3 is 2.17 bits per heavy atom. The number of carbonyl (C=O) groups is 1. The van der Waals surface area contributed by atoms with Gasteiger partial charge in [0, 0.05) is 49.6 Å². The molecule has 1 aromatic heterocycles. The first-order chi connectivity index (χ1) is 14.4. The Balaban J connectivity index is 1.67. The van der Waals surface area contributed by atoms with Crippen LogP contribution in [0.1, 0.15) is 5.56 Å². The van der Waals surface area contributed by atoms with E-state index in [1.165, 1.54) is 12.1 Å². The maximum Gasteiger partial charge on any atom is 0.416 e. The van der Waals surface area contributed by atoms with Gasteiger partial charge in [-0.05, 0) is 12.1 Å². The number of amides is 2. The number of carbonyl (C=O) groups excluding carboxylic acids is 1. The van der Waals surface area contributed by atoms with Crippen molar-refractivity contribution in [3.8, 4) is 11.3 Å². The molecule has 0 unspecified atom stereocenters. The molecule has 1 N–H and O–H groups in total. The van der Waals surface area contributed by atoms with Crippen LogP contribution in [0, 0.1) is 0 Å². The van der Waals surface area contributed by atoms with Gasteiger partial charge in [0.05, 0.1) is 5.56 Å². The Kier molecular flexibility index (Phi) is 5.19. The highest BCUT2D eigenvalue weighted by molar-refractivity contribution is 6.00. The van der Waals surface area contributed by atoms with Crippen LogP contribution in [-0.4, -0.2) is 54.4 Å². The normalized spacial score (nSPS) is 14.8. The smallest absolute Gasteiger partial charge is 0.351 e. The number of fused-ring (bicyclic) bond motifs is 1. The molecular formula is C21H20F3N5O. The van der Waals surface area contributed by atoms with Crippen molar-refractivity contribution in [3.63, 3.8) is 0 Å². The van der Waals surface area contributed by atoms with Gasteiger partial charge in [0.15, 0.2) is 5.82 Å². The highest BCUT2D eigenvalue weighted by Crippen LogP contribution is 2.34. The standard InChI is InChI=1S/C21H20F3N5O/c1-25-20(30)29-12-10-28(11-13-29)19-17-5-3-2-4-16(17)18(26-27-19)14-6-8-15(9-7-14)21(22,23)24/h2-9H,10-13H2,1H3,(H,25,30). The van der Waals surface area contributed by atoms with Gasteiger partial charge in [-0.25, -0.2) is 4.79 Å². The molecular weight excluding hydrogens is 395 g/mol. The lowest BCUT2D eigenvalue weighted by atomic mass is 10.0. The summed E-state index contributed by atoms with van der Waals surface area (Å²) in [5.74, 6) is 0.706. The van der Waals surface area contributed by atoms with E-state index in [1.807, 2.05) is 24.3 Å². The van der Waals surface area contributed by atoms with Crippen molar-refractivity contribution in [2.24, 2.45) is 0 Å². The van der Waals surface area contributed by atoms with Gasteiger partial charge in [0.25, 0.3) is 0 Å². The minimum atomic E-state index is -4.38. The molecule has 0 radical (unpaired) electrons. The fourth-order valence-electron chi connectivity index (χ4n) is 3.63. The monoisotopic (exact) mass is 415 g/mol. The molecule has 1 fully saturated rings. The van der Waals surface area contributed by atoms with Gasteiger partial charge in [0.2, 0.25) is 0 Å². The minimum Gasteiger partial charge on any atom is -0.351 e. The summed E-state index contributed by atoms with van der Waals surface area (Å²) in [5, 5.41) is 13.1. The topological polar surface area (TPSA) is 61.4 Å². The van der Waals surface area contributed by atoms with Gasteiger partial charge in [-0.15, -0.1) is 10.2 Å². The molecule has 2 aromatic carbocycles. The third-order valence-electron chi connectivity index (χ3n) is 5.23. The molecule has 0 bridgehead atoms. The van der Waals surface area contributed by atoms with Crippen LogP contribution in [0.2, 0.25) is 0 Å². The summed E-state index contributed by atoms with van der Waals surface area (Å²) >= 11 is 0. The number of urea groups is 1. The van der Waals surface area contributed by atoms with Crippen molar-refractivity contribution in [2.75, 3.05) is 38.1 Å². The summed E-state index contributed by atoms with van der Waals surface area (Å²) in [6, 6.07) is 12.4. The molecule has 4 rings (SSSR count). The van der Waals surface area contributed by atoms with Crippen LogP contribution in [0.4, 0.5) is 23.8 Å². The molecule has 2 heterocycles. The number of halogens is 3. The fraction of sp³-hybridized carbons (Fsp3) is 0.286. The van der Waals surface area contributed by atoms with Gasteiger partial charge in [0.1, 0.15) is 5.69 Å². The summed E-state index contributed by atoms with van der Waals surface area (Å²) in [4.78, 5) is 15.6. The lowest BCUT2D eigenvalue weighted by molar-refractivity contribution is -0.137. The molecule has 2 amide bonds. The SMILES string of the molecule is CNC(=O)N1CCN(c2nnc(-c3ccc(C(F)(F)F)cc3)c3ccccc23)CC1. The Hall–Kier alpha value is -3.36. The highest BCUT2D eigenvalue weighted by Gasteiger charge is 2.30. The van der Waals surface area contributed by atoms with Crippen LogP contribution in [0.5, 0.6) is 0 Å². The van der Waals surface area contributed by atoms with Gasteiger partial charge < -0.3 is 15.1 Å². The van der Waals surface area contributed by atoms with Crippen molar-refractivity contribution in [1.29, 1.82) is 0 Å². The van der Waals surface area contributed by atoms with E-state index >= 15 is 0 Å². The average molecular weight is 415 g/mol. The largest absolute Gasteiger partial charge is 0.416 e. The van der Waals surface area contributed by atoms with E-state index in [0.29, 0.717) is 43.3 Å². The van der Waals surface area contributed by atoms with E-state index < -0.39 is 11.7 Å². The number of nitrogens with zero attached hydrogens (tertiary/aromatic N) is 4. The van der Waals surface area contributed by atoms with Crippen LogP contribution in [-0.2, 0) is 6.18 Å². The Bertz CT molecular complexity index is 1060. The zero-order valence-corrected chi connectivity index (χ0v) is 16.3. The summed E-state index contributed by atoms with van der Waals surface area (Å²) in [6.45, 7) is 2.37. The zero-order valence-electron chi connectivity index (χ0n) is 16.3. The summed E-state index contributed by atoms with van der Waals surface area (Å²) in [6.07, 6.45) is -4.38. The van der Waals surface area contributed by atoms with Crippen molar-refractivity contribution < 1.29 is 18.0 Å². The quantitative estimate of drug-likeness (QED) is 0.692. The van der Waals surface area contributed by atoms with E-state index in [9.17, 15) is 18.0 Å². The second-order valence-electron chi connectivity index (χ2n) is 7.02. The molecule has 30 heavy (non-hydrogen) atoms. The van der Waals surface area contributed by atoms with Gasteiger partial charge in [-0.3, -0.25) is 0 Å². The van der Waals surface area contributed by atoms with Crippen LogP contribution in [0.25, 0.3) is 22.0 Å². The second-order valence-corrected chi connectivity index (χ2v) is 7.02. The molecule has 9 heteroatoms. The molecule has 1 aliphatic rings. The average Bonchev–Trinajstić information content (AvgIpc) is 2.77. The summed E-state index contributed by atoms with van der Waals surface area (Å²) in [7, 11) is 1.60. The number of alkyl halides is 3. The number of hydrogen-bond donors (Lipinski definition) is 1. The number of nitrogens with one attached hydrogen (secondary N) is 1. The van der Waals surface area contributed by atoms with Crippen LogP contribution < -0.4 is 10.2 Å². The fourth-order valence-corrected chi connectivity index (χ4v) is 3.63. The number of rotatable bonds is 2. The first kappa shape index (κ1) is 19.9. The number of benzene rings is 2. The van der Waals surface area contributed by atoms with Crippen molar-refractivity contribution in [3.05, 3.63) is 54.1 Å². The molecule has 0 spiro atoms. The van der Waals surface area contributed by atoms with Gasteiger partial charge in [-0.1, -0.05) is 36.4 Å². The molecule has 156 valence electrons. The van der Waals surface area contributed by atoms with E-state index in [4.69, 9.17) is 0 Å². The lowest BCUT2D eigenvalue weighted by Gasteiger charge is -2.35. The first-order valence-corrected chi connectivity index (χ1v) is 9.53. The molecule has 3 aromatic rings. The molecule has 0 saturated carbocycles. The molecule has 1 saturated heterocycles. The Morgan fingerprint density at radius 1 is 0.933 bits per heavy atom. The van der Waals surface area contributed by atoms with Crippen LogP contribution in [0.3, 0.4) is 0 Å². The summed E-state index contributed by atoms with van der Waals surface area (Å²) < 4.78 is 38.6. The number of hydrogen-bond acceptors (Lipinski definition) is 4. The number of piperazine rings is 1. The maximum absolute atomic E-state index is 12.9. The van der Waals surface area contributed by atoms with Crippen LogP contribution >= 0.6 is 0 Å². The highest BCUT2D eigenvalue weighted by atomic mass is 19.4. The molecule has 0 atom stereocenters. The molecule has 1 aliphatic heterocycles. The van der Waals surface area contributed by atoms with E-state index in [-0.39, 0.29) is 6.03 Å². The molecule has 0 aliphatic carbocycles. The van der Waals surface area contributed by atoms with E-state index in [2.05, 4.69) is 20.4 Å². The third kappa shape index (κ3) is 3.74. The second kappa shape index (κ2) is 7.81. The number of anilines is 1. The predicted octanol–water partition coefficient (Wildman–Crippen LogP) is 3.78. The van der Waals surface area contributed by atoms with Gasteiger partial charge in [-0.2, -0.15) is 13.2 Å². The summed E-state index contributed by atoms with van der Waals surface area (Å²) in [5.41, 5.74) is 0.406. The number of aromatic nitrogens is 2. The zero-order chi connectivity index (χ0) is 21.3. The minimum absolute atomic E-state index is 0.108. The lowest BCUT2D eigenvalue weighted by Crippen LogP contribution is -2.51. The first-order valence-electron chi connectivity index (χ1n) is 9.53. The van der Waals surface area contributed by atoms with Crippen molar-refractivity contribution >= 4 is 22.6 Å². The molecule has 6 nitrogen and oxygen atoms in total. The maximum atomic E-state index is 12.9. The van der Waals surface area contributed by atoms with Crippen molar-refractivity contribution in [2.45, 2.75) is 6.18 Å². The van der Waals surface area contributed by atoms with E-state index in [1.54, 1.807) is 11.9 Å². The predicted molar refractivity (Wildman–Crippen MR) is 108 cm³/mol. The third-order valence-corrected chi connectivity index (χ3v) is 5.23. The van der Waals surface area contributed by atoms with Crippen LogP contribution in [0.15, 0.2) is 48.5 Å². The van der Waals surface area contributed by atoms with E-state index in [0.717, 1.165) is 22.9 Å². The Labute approximate surface area is 171 Å². The van der Waals surface area contributed by atoms with Crippen molar-refractivity contribution in [1.82, 2.24) is 20.4 Å². The van der Waals surface area contributed by atoms with Gasteiger partial charge >= 0.3 is 12.2 Å².